The molecule has 1 unspecified atom stereocenters. The molecule has 1 aromatic carbocycles. The monoisotopic (exact) mass is 302 g/mol. The summed E-state index contributed by atoms with van der Waals surface area (Å²) in [6, 6.07) is 9.29. The van der Waals surface area contributed by atoms with Crippen LogP contribution in [0.2, 0.25) is 0 Å². The quantitative estimate of drug-likeness (QED) is 0.904. The third-order valence-corrected chi connectivity index (χ3v) is 5.36. The molecule has 1 saturated carbocycles. The molecule has 1 N–H and O–H groups in total. The zero-order valence-electron chi connectivity index (χ0n) is 12.8. The number of para-hydroxylation sites is 1. The normalized spacial score (nSPS) is 22.6. The average Bonchev–Trinajstić information content (AvgIpc) is 2.89. The first-order chi connectivity index (χ1) is 10.2. The van der Waals surface area contributed by atoms with Crippen LogP contribution in [0.25, 0.3) is 0 Å². The Morgan fingerprint density at radius 2 is 2.10 bits per heavy atom. The number of nitrogens with zero attached hydrogens (tertiary/aromatic N) is 1. The van der Waals surface area contributed by atoms with Crippen molar-refractivity contribution < 1.29 is 4.74 Å². The molecule has 0 bridgehead atoms. The lowest BCUT2D eigenvalue weighted by Gasteiger charge is -2.38. The van der Waals surface area contributed by atoms with E-state index in [1.165, 1.54) is 23.4 Å². The molecule has 0 aliphatic heterocycles. The van der Waals surface area contributed by atoms with Crippen LogP contribution in [0.1, 0.15) is 48.0 Å². The van der Waals surface area contributed by atoms with Crippen molar-refractivity contribution in [1.82, 2.24) is 10.3 Å². The summed E-state index contributed by atoms with van der Waals surface area (Å²) in [5.74, 6) is 1.63. The fraction of sp³-hybridized carbons (Fsp3) is 0.471. The second kappa shape index (κ2) is 6.16. The smallest absolute Gasteiger partial charge is 0.122 e. The number of aryl methyl sites for hydroxylation is 1. The second-order valence-electron chi connectivity index (χ2n) is 5.82. The molecule has 112 valence electrons. The van der Waals surface area contributed by atoms with Gasteiger partial charge in [0.1, 0.15) is 10.8 Å². The van der Waals surface area contributed by atoms with Gasteiger partial charge in [0, 0.05) is 17.1 Å². The Morgan fingerprint density at radius 3 is 2.76 bits per heavy atom. The van der Waals surface area contributed by atoms with Crippen LogP contribution in [0.4, 0.5) is 0 Å². The maximum absolute atomic E-state index is 5.46. The molecule has 0 saturated heterocycles. The van der Waals surface area contributed by atoms with Crippen LogP contribution in [0, 0.1) is 6.92 Å². The third-order valence-electron chi connectivity index (χ3n) is 4.21. The predicted octanol–water partition coefficient (Wildman–Crippen LogP) is 4.06. The number of hydrogen-bond donors (Lipinski definition) is 1. The molecule has 1 aliphatic rings. The number of nitrogens with one attached hydrogen (secondary N) is 1. The van der Waals surface area contributed by atoms with E-state index in [1.54, 1.807) is 18.4 Å². The Hall–Kier alpha value is -1.39. The number of methoxy groups -OCH3 is 1. The summed E-state index contributed by atoms with van der Waals surface area (Å²) < 4.78 is 5.46. The lowest BCUT2D eigenvalue weighted by Crippen LogP contribution is -2.41. The Labute approximate surface area is 130 Å². The average molecular weight is 302 g/mol. The van der Waals surface area contributed by atoms with E-state index in [0.717, 1.165) is 11.4 Å². The number of benzene rings is 1. The molecule has 4 heteroatoms. The third kappa shape index (κ3) is 3.11. The number of rotatable bonds is 5. The van der Waals surface area contributed by atoms with E-state index in [0.29, 0.717) is 18.0 Å². The molecular formula is C17H22N2OS. The first-order valence-corrected chi connectivity index (χ1v) is 8.36. The van der Waals surface area contributed by atoms with Gasteiger partial charge in [-0.1, -0.05) is 18.2 Å². The van der Waals surface area contributed by atoms with Crippen molar-refractivity contribution in [3.05, 3.63) is 45.9 Å². The molecule has 1 aromatic heterocycles. The maximum atomic E-state index is 5.46. The van der Waals surface area contributed by atoms with Crippen LogP contribution >= 0.6 is 11.3 Å². The number of hydrogen-bond acceptors (Lipinski definition) is 4. The zero-order valence-corrected chi connectivity index (χ0v) is 13.6. The minimum atomic E-state index is 0.340. The van der Waals surface area contributed by atoms with Gasteiger partial charge in [-0.2, -0.15) is 0 Å². The maximum Gasteiger partial charge on any atom is 0.122 e. The van der Waals surface area contributed by atoms with Gasteiger partial charge >= 0.3 is 0 Å². The van der Waals surface area contributed by atoms with Gasteiger partial charge in [0.2, 0.25) is 0 Å². The van der Waals surface area contributed by atoms with E-state index in [2.05, 4.69) is 40.8 Å². The minimum Gasteiger partial charge on any atom is -0.496 e. The van der Waals surface area contributed by atoms with Gasteiger partial charge in [-0.05, 0) is 44.2 Å². The highest BCUT2D eigenvalue weighted by Gasteiger charge is 2.33. The summed E-state index contributed by atoms with van der Waals surface area (Å²) in [7, 11) is 1.75. The largest absolute Gasteiger partial charge is 0.496 e. The Balaban J connectivity index is 1.56. The Kier molecular flexibility index (Phi) is 4.27. The van der Waals surface area contributed by atoms with E-state index < -0.39 is 0 Å². The molecule has 1 atom stereocenters. The second-order valence-corrected chi connectivity index (χ2v) is 6.71. The highest BCUT2D eigenvalue weighted by molar-refractivity contribution is 7.09. The van der Waals surface area contributed by atoms with Gasteiger partial charge in [-0.15, -0.1) is 11.3 Å². The van der Waals surface area contributed by atoms with Gasteiger partial charge in [-0.25, -0.2) is 4.98 Å². The highest BCUT2D eigenvalue weighted by Crippen LogP contribution is 2.41. The topological polar surface area (TPSA) is 34.1 Å². The van der Waals surface area contributed by atoms with Crippen LogP contribution in [0.15, 0.2) is 29.6 Å². The van der Waals surface area contributed by atoms with Crippen LogP contribution < -0.4 is 10.1 Å². The van der Waals surface area contributed by atoms with E-state index in [-0.39, 0.29) is 0 Å². The van der Waals surface area contributed by atoms with Crippen molar-refractivity contribution in [3.8, 4) is 5.75 Å². The van der Waals surface area contributed by atoms with Gasteiger partial charge in [0.05, 0.1) is 13.2 Å². The zero-order chi connectivity index (χ0) is 14.8. The minimum absolute atomic E-state index is 0.340. The van der Waals surface area contributed by atoms with Crippen molar-refractivity contribution in [2.45, 2.75) is 44.7 Å². The predicted molar refractivity (Wildman–Crippen MR) is 87.2 cm³/mol. The lowest BCUT2D eigenvalue weighted by atomic mass is 9.75. The summed E-state index contributed by atoms with van der Waals surface area (Å²) in [5, 5.41) is 7.00. The van der Waals surface area contributed by atoms with E-state index in [4.69, 9.17) is 4.74 Å². The first kappa shape index (κ1) is 14.5. The van der Waals surface area contributed by atoms with Crippen LogP contribution in [0.3, 0.4) is 0 Å². The lowest BCUT2D eigenvalue weighted by molar-refractivity contribution is 0.265. The summed E-state index contributed by atoms with van der Waals surface area (Å²) in [6.45, 7) is 4.25. The molecule has 1 aliphatic carbocycles. The fourth-order valence-electron chi connectivity index (χ4n) is 3.01. The molecule has 2 aromatic rings. The highest BCUT2D eigenvalue weighted by atomic mass is 32.1. The molecule has 3 nitrogen and oxygen atoms in total. The Bertz CT molecular complexity index is 604. The van der Waals surface area contributed by atoms with Crippen LogP contribution in [-0.2, 0) is 0 Å². The summed E-state index contributed by atoms with van der Waals surface area (Å²) >= 11 is 1.74. The van der Waals surface area contributed by atoms with Gasteiger partial charge in [-0.3, -0.25) is 0 Å². The molecule has 0 radical (unpaired) electrons. The number of aromatic nitrogens is 1. The van der Waals surface area contributed by atoms with E-state index in [9.17, 15) is 0 Å². The van der Waals surface area contributed by atoms with Gasteiger partial charge in [0.25, 0.3) is 0 Å². The van der Waals surface area contributed by atoms with Crippen molar-refractivity contribution in [2.24, 2.45) is 0 Å². The van der Waals surface area contributed by atoms with Gasteiger partial charge < -0.3 is 10.1 Å². The van der Waals surface area contributed by atoms with Crippen molar-refractivity contribution in [3.63, 3.8) is 0 Å². The molecule has 3 rings (SSSR count). The Morgan fingerprint density at radius 1 is 1.33 bits per heavy atom. The van der Waals surface area contributed by atoms with Crippen molar-refractivity contribution in [1.29, 1.82) is 0 Å². The summed E-state index contributed by atoms with van der Waals surface area (Å²) in [4.78, 5) is 4.56. The fourth-order valence-corrected chi connectivity index (χ4v) is 3.82. The summed E-state index contributed by atoms with van der Waals surface area (Å²) in [6.07, 6.45) is 2.35. The molecule has 0 amide bonds. The molecule has 1 fully saturated rings. The number of ether oxygens (including phenoxy) is 1. The molecule has 0 spiro atoms. The standard InChI is InChI=1S/C17H22N2OS/c1-11-10-21-17(18-11)12(2)19-14-8-13(9-14)15-6-4-5-7-16(15)20-3/h4-7,10,12-14,19H,8-9H2,1-3H3. The van der Waals surface area contributed by atoms with Gasteiger partial charge in [0.15, 0.2) is 0 Å². The van der Waals surface area contributed by atoms with Crippen LogP contribution in [0.5, 0.6) is 5.75 Å². The van der Waals surface area contributed by atoms with Crippen LogP contribution in [-0.4, -0.2) is 18.1 Å². The summed E-state index contributed by atoms with van der Waals surface area (Å²) in [5.41, 5.74) is 2.46. The molecule has 1 heterocycles. The first-order valence-electron chi connectivity index (χ1n) is 7.48. The van der Waals surface area contributed by atoms with Crippen molar-refractivity contribution in [2.75, 3.05) is 7.11 Å². The van der Waals surface area contributed by atoms with E-state index in [1.807, 2.05) is 13.0 Å². The van der Waals surface area contributed by atoms with Crippen molar-refractivity contribution >= 4 is 11.3 Å². The number of thiazole rings is 1. The molecule has 21 heavy (non-hydrogen) atoms. The SMILES string of the molecule is COc1ccccc1C1CC(NC(C)c2nc(C)cs2)C1. The van der Waals surface area contributed by atoms with E-state index >= 15 is 0 Å². The molecular weight excluding hydrogens is 280 g/mol.